The summed E-state index contributed by atoms with van der Waals surface area (Å²) < 4.78 is 5.54. The van der Waals surface area contributed by atoms with Gasteiger partial charge in [-0.05, 0) is 91.7 Å². The molecule has 0 spiro atoms. The zero-order chi connectivity index (χ0) is 28.9. The third-order valence-corrected chi connectivity index (χ3v) is 7.48. The first-order valence-corrected chi connectivity index (χ1v) is 14.7. The van der Waals surface area contributed by atoms with Crippen LogP contribution in [-0.4, -0.2) is 72.6 Å². The quantitative estimate of drug-likeness (QED) is 0.188. The first-order chi connectivity index (χ1) is 20.0. The highest BCUT2D eigenvalue weighted by Crippen LogP contribution is 2.18. The van der Waals surface area contributed by atoms with Crippen LogP contribution in [0, 0.1) is 0 Å². The maximum Gasteiger partial charge on any atom is 0.317 e. The Balaban J connectivity index is 1.06. The van der Waals surface area contributed by atoms with Gasteiger partial charge in [0.1, 0.15) is 24.2 Å². The SMILES string of the molecule is CCc1ccc(CCNC(=O)N2CCC(Nc3ccc(CCNC[C@H](O)COc4ccc(O)cc4)cc3)CC2)cc1. The molecule has 0 saturated carbocycles. The molecule has 3 aromatic rings. The van der Waals surface area contributed by atoms with Crippen molar-refractivity contribution in [2.24, 2.45) is 0 Å². The van der Waals surface area contributed by atoms with Crippen molar-refractivity contribution in [3.63, 3.8) is 0 Å². The fourth-order valence-corrected chi connectivity index (χ4v) is 4.89. The van der Waals surface area contributed by atoms with Gasteiger partial charge >= 0.3 is 6.03 Å². The predicted molar refractivity (Wildman–Crippen MR) is 164 cm³/mol. The molecule has 0 bridgehead atoms. The third-order valence-electron chi connectivity index (χ3n) is 7.48. The van der Waals surface area contributed by atoms with Crippen molar-refractivity contribution in [2.75, 3.05) is 44.6 Å². The molecule has 8 nitrogen and oxygen atoms in total. The standard InChI is InChI=1S/C33H44N4O4/c1-2-25-3-5-26(6-4-25)16-20-35-33(40)37-21-17-29(18-22-37)36-28-9-7-27(8-10-28)15-19-34-23-31(39)24-41-32-13-11-30(38)12-14-32/h3-14,29,31,34,36,38-39H,2,15-24H2,1H3,(H,35,40)/t31-/m0/s1. The summed E-state index contributed by atoms with van der Waals surface area (Å²) >= 11 is 0. The Morgan fingerprint density at radius 1 is 0.902 bits per heavy atom. The summed E-state index contributed by atoms with van der Waals surface area (Å²) in [4.78, 5) is 14.5. The summed E-state index contributed by atoms with van der Waals surface area (Å²) in [6.07, 6.45) is 3.99. The molecule has 1 aliphatic heterocycles. The number of urea groups is 1. The number of carbonyl (C=O) groups excluding carboxylic acids is 1. The van der Waals surface area contributed by atoms with Crippen LogP contribution in [0.1, 0.15) is 36.5 Å². The molecule has 5 N–H and O–H groups in total. The number of carbonyl (C=O) groups is 1. The zero-order valence-electron chi connectivity index (χ0n) is 24.0. The van der Waals surface area contributed by atoms with E-state index in [-0.39, 0.29) is 18.4 Å². The fraction of sp³-hybridized carbons (Fsp3) is 0.424. The van der Waals surface area contributed by atoms with Crippen LogP contribution in [0.25, 0.3) is 0 Å². The molecule has 1 saturated heterocycles. The number of aliphatic hydroxyl groups excluding tert-OH is 1. The number of aryl methyl sites for hydroxylation is 1. The highest BCUT2D eigenvalue weighted by molar-refractivity contribution is 5.74. The lowest BCUT2D eigenvalue weighted by molar-refractivity contribution is 0.106. The van der Waals surface area contributed by atoms with Gasteiger partial charge in [0.25, 0.3) is 0 Å². The van der Waals surface area contributed by atoms with Crippen molar-refractivity contribution >= 4 is 11.7 Å². The molecule has 1 heterocycles. The monoisotopic (exact) mass is 560 g/mol. The molecule has 0 aliphatic carbocycles. The minimum absolute atomic E-state index is 0.0315. The van der Waals surface area contributed by atoms with Gasteiger partial charge < -0.3 is 35.8 Å². The van der Waals surface area contributed by atoms with Crippen molar-refractivity contribution in [2.45, 2.75) is 51.2 Å². The molecule has 0 unspecified atom stereocenters. The number of piperidine rings is 1. The number of nitrogens with zero attached hydrogens (tertiary/aromatic N) is 1. The molecular formula is C33H44N4O4. The molecule has 41 heavy (non-hydrogen) atoms. The van der Waals surface area contributed by atoms with E-state index in [0.29, 0.717) is 24.9 Å². The van der Waals surface area contributed by atoms with E-state index >= 15 is 0 Å². The van der Waals surface area contributed by atoms with E-state index in [4.69, 9.17) is 4.74 Å². The second-order valence-corrected chi connectivity index (χ2v) is 10.7. The van der Waals surface area contributed by atoms with Crippen LogP contribution < -0.4 is 20.7 Å². The molecule has 1 fully saturated rings. The Labute approximate surface area is 243 Å². The van der Waals surface area contributed by atoms with Gasteiger partial charge in [-0.25, -0.2) is 4.79 Å². The maximum atomic E-state index is 12.6. The number of rotatable bonds is 14. The number of anilines is 1. The first-order valence-electron chi connectivity index (χ1n) is 14.7. The average Bonchev–Trinajstić information content (AvgIpc) is 3.00. The van der Waals surface area contributed by atoms with Gasteiger partial charge in [0.15, 0.2) is 0 Å². The Bertz CT molecular complexity index is 1180. The Morgan fingerprint density at radius 3 is 2.17 bits per heavy atom. The van der Waals surface area contributed by atoms with Crippen LogP contribution in [0.2, 0.25) is 0 Å². The predicted octanol–water partition coefficient (Wildman–Crippen LogP) is 4.36. The van der Waals surface area contributed by atoms with E-state index in [1.807, 2.05) is 4.90 Å². The number of aromatic hydroxyl groups is 1. The number of phenols is 1. The smallest absolute Gasteiger partial charge is 0.317 e. The largest absolute Gasteiger partial charge is 0.508 e. The fourth-order valence-electron chi connectivity index (χ4n) is 4.89. The highest BCUT2D eigenvalue weighted by Gasteiger charge is 2.22. The summed E-state index contributed by atoms with van der Waals surface area (Å²) in [5, 5.41) is 29.4. The van der Waals surface area contributed by atoms with Crippen molar-refractivity contribution in [3.05, 3.63) is 89.5 Å². The molecule has 1 atom stereocenters. The van der Waals surface area contributed by atoms with Crippen molar-refractivity contribution in [1.82, 2.24) is 15.5 Å². The number of ether oxygens (including phenoxy) is 1. The summed E-state index contributed by atoms with van der Waals surface area (Å²) in [6.45, 7) is 5.71. The van der Waals surface area contributed by atoms with E-state index < -0.39 is 6.10 Å². The van der Waals surface area contributed by atoms with Crippen LogP contribution >= 0.6 is 0 Å². The maximum absolute atomic E-state index is 12.6. The van der Waals surface area contributed by atoms with E-state index in [1.165, 1.54) is 16.7 Å². The summed E-state index contributed by atoms with van der Waals surface area (Å²) in [7, 11) is 0. The zero-order valence-corrected chi connectivity index (χ0v) is 24.0. The Morgan fingerprint density at radius 2 is 1.51 bits per heavy atom. The van der Waals surface area contributed by atoms with Gasteiger partial charge in [-0.15, -0.1) is 0 Å². The van der Waals surface area contributed by atoms with Crippen molar-refractivity contribution in [3.8, 4) is 11.5 Å². The second-order valence-electron chi connectivity index (χ2n) is 10.7. The summed E-state index contributed by atoms with van der Waals surface area (Å²) in [5.74, 6) is 0.803. The Kier molecular flexibility index (Phi) is 11.7. The molecule has 8 heteroatoms. The van der Waals surface area contributed by atoms with Gasteiger partial charge in [-0.3, -0.25) is 0 Å². The van der Waals surface area contributed by atoms with Crippen LogP contribution in [0.4, 0.5) is 10.5 Å². The van der Waals surface area contributed by atoms with Gasteiger partial charge in [0, 0.05) is 37.9 Å². The first kappa shape index (κ1) is 30.2. The number of amides is 2. The van der Waals surface area contributed by atoms with Crippen molar-refractivity contribution < 1.29 is 19.7 Å². The molecule has 220 valence electrons. The van der Waals surface area contributed by atoms with Gasteiger partial charge in [-0.2, -0.15) is 0 Å². The van der Waals surface area contributed by atoms with Gasteiger partial charge in [0.2, 0.25) is 0 Å². The van der Waals surface area contributed by atoms with E-state index in [0.717, 1.165) is 57.4 Å². The second kappa shape index (κ2) is 15.9. The molecule has 0 radical (unpaired) electrons. The average molecular weight is 561 g/mol. The normalized spacial score (nSPS) is 14.4. The molecule has 4 rings (SSSR count). The van der Waals surface area contributed by atoms with Crippen LogP contribution in [-0.2, 0) is 19.3 Å². The Hall–Kier alpha value is -3.75. The molecule has 3 aromatic carbocycles. The number of phenolic OH excluding ortho intramolecular Hbond substituents is 1. The lowest BCUT2D eigenvalue weighted by Gasteiger charge is -2.33. The molecule has 1 aliphatic rings. The molecular weight excluding hydrogens is 516 g/mol. The number of likely N-dealkylation sites (tertiary alicyclic amines) is 1. The topological polar surface area (TPSA) is 106 Å². The molecule has 2 amide bonds. The minimum Gasteiger partial charge on any atom is -0.508 e. The van der Waals surface area contributed by atoms with Crippen molar-refractivity contribution in [1.29, 1.82) is 0 Å². The van der Waals surface area contributed by atoms with Crippen LogP contribution in [0.15, 0.2) is 72.8 Å². The van der Waals surface area contributed by atoms with E-state index in [2.05, 4.69) is 71.4 Å². The van der Waals surface area contributed by atoms with Gasteiger partial charge in [0.05, 0.1) is 0 Å². The number of nitrogens with one attached hydrogen (secondary N) is 3. The lowest BCUT2D eigenvalue weighted by Crippen LogP contribution is -2.47. The highest BCUT2D eigenvalue weighted by atomic mass is 16.5. The number of hydrogen-bond donors (Lipinski definition) is 5. The van der Waals surface area contributed by atoms with E-state index in [1.54, 1.807) is 24.3 Å². The van der Waals surface area contributed by atoms with Crippen LogP contribution in [0.3, 0.4) is 0 Å². The third kappa shape index (κ3) is 10.3. The number of hydrogen-bond acceptors (Lipinski definition) is 6. The van der Waals surface area contributed by atoms with E-state index in [9.17, 15) is 15.0 Å². The lowest BCUT2D eigenvalue weighted by atomic mass is 10.0. The summed E-state index contributed by atoms with van der Waals surface area (Å²) in [5.41, 5.74) is 4.91. The number of aliphatic hydroxyl groups is 1. The number of benzene rings is 3. The minimum atomic E-state index is -0.615. The summed E-state index contributed by atoms with van der Waals surface area (Å²) in [6, 6.07) is 24.0. The molecule has 0 aromatic heterocycles. The van der Waals surface area contributed by atoms with Gasteiger partial charge in [-0.1, -0.05) is 43.3 Å². The van der Waals surface area contributed by atoms with Crippen LogP contribution in [0.5, 0.6) is 11.5 Å².